The summed E-state index contributed by atoms with van der Waals surface area (Å²) in [6, 6.07) is 4.46. The zero-order chi connectivity index (χ0) is 13.7. The molecular weight excluding hydrogens is 234 g/mol. The highest BCUT2D eigenvalue weighted by molar-refractivity contribution is 5.75. The van der Waals surface area contributed by atoms with Gasteiger partial charge in [0.15, 0.2) is 11.5 Å². The van der Waals surface area contributed by atoms with Gasteiger partial charge in [0.05, 0.1) is 12.0 Å². The van der Waals surface area contributed by atoms with E-state index in [0.717, 1.165) is 0 Å². The Morgan fingerprint density at radius 2 is 2.11 bits per heavy atom. The molecule has 0 fully saturated rings. The van der Waals surface area contributed by atoms with Crippen LogP contribution >= 0.6 is 0 Å². The molecule has 1 aromatic rings. The van der Waals surface area contributed by atoms with Gasteiger partial charge in [-0.15, -0.1) is 0 Å². The van der Waals surface area contributed by atoms with Gasteiger partial charge < -0.3 is 20.3 Å². The van der Waals surface area contributed by atoms with Gasteiger partial charge in [-0.3, -0.25) is 4.79 Å². The van der Waals surface area contributed by atoms with Crippen molar-refractivity contribution in [2.24, 2.45) is 5.92 Å². The van der Waals surface area contributed by atoms with E-state index in [0.29, 0.717) is 12.1 Å². The monoisotopic (exact) mass is 253 g/mol. The maximum atomic E-state index is 11.5. The second-order valence-electron chi connectivity index (χ2n) is 4.38. The van der Waals surface area contributed by atoms with E-state index in [1.54, 1.807) is 27.0 Å². The van der Waals surface area contributed by atoms with Crippen LogP contribution in [0.1, 0.15) is 25.5 Å². The van der Waals surface area contributed by atoms with Gasteiger partial charge in [0.1, 0.15) is 0 Å². The molecule has 0 spiro atoms. The standard InChI is InChI=1S/C13H19NO4/c1-8(2)13(17)18-12-6-9(4-5-10(12)15)11(16)7-14-3/h4-6,8,11,14-16H,7H2,1-3H3. The Bertz CT molecular complexity index is 417. The zero-order valence-electron chi connectivity index (χ0n) is 10.8. The number of aromatic hydroxyl groups is 1. The van der Waals surface area contributed by atoms with Crippen LogP contribution in [0.15, 0.2) is 18.2 Å². The molecule has 0 bridgehead atoms. The fourth-order valence-corrected chi connectivity index (χ4v) is 1.36. The van der Waals surface area contributed by atoms with Gasteiger partial charge in [0.25, 0.3) is 0 Å². The van der Waals surface area contributed by atoms with Crippen LogP contribution in [0.4, 0.5) is 0 Å². The summed E-state index contributed by atoms with van der Waals surface area (Å²) in [7, 11) is 1.73. The van der Waals surface area contributed by atoms with Crippen molar-refractivity contribution in [2.45, 2.75) is 20.0 Å². The van der Waals surface area contributed by atoms with Crippen molar-refractivity contribution in [2.75, 3.05) is 13.6 Å². The van der Waals surface area contributed by atoms with Gasteiger partial charge in [-0.25, -0.2) is 0 Å². The predicted molar refractivity (Wildman–Crippen MR) is 67.5 cm³/mol. The lowest BCUT2D eigenvalue weighted by molar-refractivity contribution is -0.137. The molecule has 0 saturated carbocycles. The number of nitrogens with one attached hydrogen (secondary N) is 1. The molecule has 1 atom stereocenters. The minimum atomic E-state index is -0.716. The summed E-state index contributed by atoms with van der Waals surface area (Å²) < 4.78 is 5.06. The van der Waals surface area contributed by atoms with E-state index in [2.05, 4.69) is 5.32 Å². The van der Waals surface area contributed by atoms with Gasteiger partial charge in [-0.2, -0.15) is 0 Å². The van der Waals surface area contributed by atoms with Crippen molar-refractivity contribution in [3.05, 3.63) is 23.8 Å². The van der Waals surface area contributed by atoms with Crippen molar-refractivity contribution in [1.82, 2.24) is 5.32 Å². The quantitative estimate of drug-likeness (QED) is 0.543. The first-order valence-corrected chi connectivity index (χ1v) is 5.83. The normalized spacial score (nSPS) is 12.5. The Kier molecular flexibility index (Phi) is 5.12. The molecule has 18 heavy (non-hydrogen) atoms. The molecule has 5 heteroatoms. The van der Waals surface area contributed by atoms with Crippen LogP contribution < -0.4 is 10.1 Å². The van der Waals surface area contributed by atoms with Crippen LogP contribution in [0.3, 0.4) is 0 Å². The summed E-state index contributed by atoms with van der Waals surface area (Å²) >= 11 is 0. The van der Waals surface area contributed by atoms with E-state index in [1.165, 1.54) is 12.1 Å². The lowest BCUT2D eigenvalue weighted by Crippen LogP contribution is -2.17. The minimum absolute atomic E-state index is 0.0707. The molecular formula is C13H19NO4. The smallest absolute Gasteiger partial charge is 0.313 e. The number of rotatable bonds is 5. The van der Waals surface area contributed by atoms with Crippen molar-refractivity contribution in [3.8, 4) is 11.5 Å². The Hall–Kier alpha value is -1.59. The number of hydrogen-bond acceptors (Lipinski definition) is 5. The van der Waals surface area contributed by atoms with Crippen LogP contribution in [-0.4, -0.2) is 29.8 Å². The van der Waals surface area contributed by atoms with Crippen LogP contribution in [0.2, 0.25) is 0 Å². The van der Waals surface area contributed by atoms with Gasteiger partial charge in [-0.1, -0.05) is 19.9 Å². The number of esters is 1. The number of benzene rings is 1. The number of likely N-dealkylation sites (N-methyl/N-ethyl adjacent to an activating group) is 1. The first-order chi connectivity index (χ1) is 8.45. The van der Waals surface area contributed by atoms with Crippen molar-refractivity contribution in [3.63, 3.8) is 0 Å². The van der Waals surface area contributed by atoms with Crippen LogP contribution in [-0.2, 0) is 4.79 Å². The summed E-state index contributed by atoms with van der Waals surface area (Å²) in [5.74, 6) is -0.758. The van der Waals surface area contributed by atoms with Gasteiger partial charge in [0.2, 0.25) is 0 Å². The Balaban J connectivity index is 2.91. The molecule has 0 aromatic heterocycles. The highest BCUT2D eigenvalue weighted by Crippen LogP contribution is 2.29. The minimum Gasteiger partial charge on any atom is -0.504 e. The van der Waals surface area contributed by atoms with E-state index in [-0.39, 0.29) is 17.4 Å². The second-order valence-corrected chi connectivity index (χ2v) is 4.38. The Labute approximate surface area is 106 Å². The highest BCUT2D eigenvalue weighted by Gasteiger charge is 2.15. The van der Waals surface area contributed by atoms with Gasteiger partial charge >= 0.3 is 5.97 Å². The summed E-state index contributed by atoms with van der Waals surface area (Å²) in [5.41, 5.74) is 0.578. The summed E-state index contributed by atoms with van der Waals surface area (Å²) in [6.45, 7) is 3.79. The summed E-state index contributed by atoms with van der Waals surface area (Å²) in [6.07, 6.45) is -0.716. The van der Waals surface area contributed by atoms with E-state index < -0.39 is 12.1 Å². The first-order valence-electron chi connectivity index (χ1n) is 5.83. The van der Waals surface area contributed by atoms with Gasteiger partial charge in [0, 0.05) is 6.54 Å². The molecule has 1 aromatic carbocycles. The molecule has 0 radical (unpaired) electrons. The molecule has 0 saturated heterocycles. The molecule has 0 aliphatic carbocycles. The number of carbonyl (C=O) groups is 1. The molecule has 0 aliphatic rings. The number of aliphatic hydroxyl groups is 1. The fourth-order valence-electron chi connectivity index (χ4n) is 1.36. The topological polar surface area (TPSA) is 78.8 Å². The maximum absolute atomic E-state index is 11.5. The lowest BCUT2D eigenvalue weighted by Gasteiger charge is -2.13. The van der Waals surface area contributed by atoms with E-state index in [4.69, 9.17) is 4.74 Å². The number of phenols is 1. The Morgan fingerprint density at radius 3 is 2.67 bits per heavy atom. The molecule has 1 unspecified atom stereocenters. The molecule has 0 amide bonds. The van der Waals surface area contributed by atoms with Crippen LogP contribution in [0, 0.1) is 5.92 Å². The zero-order valence-corrected chi connectivity index (χ0v) is 10.8. The molecule has 0 heterocycles. The van der Waals surface area contributed by atoms with Crippen molar-refractivity contribution >= 4 is 5.97 Å². The third-order valence-electron chi connectivity index (χ3n) is 2.45. The van der Waals surface area contributed by atoms with E-state index in [9.17, 15) is 15.0 Å². The average molecular weight is 253 g/mol. The number of hydrogen-bond donors (Lipinski definition) is 3. The third kappa shape index (κ3) is 3.72. The number of phenolic OH excluding ortho intramolecular Hbond substituents is 1. The summed E-state index contributed by atoms with van der Waals surface area (Å²) in [4.78, 5) is 11.5. The van der Waals surface area contributed by atoms with E-state index >= 15 is 0 Å². The summed E-state index contributed by atoms with van der Waals surface area (Å²) in [5, 5.41) is 22.2. The first kappa shape index (κ1) is 14.5. The fraction of sp³-hybridized carbons (Fsp3) is 0.462. The molecule has 3 N–H and O–H groups in total. The molecule has 100 valence electrons. The number of carbonyl (C=O) groups excluding carboxylic acids is 1. The van der Waals surface area contributed by atoms with Crippen molar-refractivity contribution in [1.29, 1.82) is 0 Å². The molecule has 5 nitrogen and oxygen atoms in total. The average Bonchev–Trinajstić information content (AvgIpc) is 2.31. The number of aliphatic hydroxyl groups excluding tert-OH is 1. The maximum Gasteiger partial charge on any atom is 0.313 e. The predicted octanol–water partition coefficient (Wildman–Crippen LogP) is 1.21. The Morgan fingerprint density at radius 1 is 1.44 bits per heavy atom. The van der Waals surface area contributed by atoms with Crippen molar-refractivity contribution < 1.29 is 19.7 Å². The van der Waals surface area contributed by atoms with Crippen LogP contribution in [0.5, 0.6) is 11.5 Å². The number of ether oxygens (including phenoxy) is 1. The molecule has 0 aliphatic heterocycles. The SMILES string of the molecule is CNCC(O)c1ccc(O)c(OC(=O)C(C)C)c1. The van der Waals surface area contributed by atoms with E-state index in [1.807, 2.05) is 0 Å². The largest absolute Gasteiger partial charge is 0.504 e. The highest BCUT2D eigenvalue weighted by atomic mass is 16.5. The second kappa shape index (κ2) is 6.37. The van der Waals surface area contributed by atoms with Gasteiger partial charge in [-0.05, 0) is 24.7 Å². The lowest BCUT2D eigenvalue weighted by atomic mass is 10.1. The van der Waals surface area contributed by atoms with Crippen LogP contribution in [0.25, 0.3) is 0 Å². The third-order valence-corrected chi connectivity index (χ3v) is 2.45. The molecule has 1 rings (SSSR count).